The highest BCUT2D eigenvalue weighted by Crippen LogP contribution is 2.26. The number of fused-ring (bicyclic) bond motifs is 1. The van der Waals surface area contributed by atoms with Crippen LogP contribution in [-0.2, 0) is 11.3 Å². The summed E-state index contributed by atoms with van der Waals surface area (Å²) in [6, 6.07) is 7.04. The maximum Gasteiger partial charge on any atom is 0.253 e. The summed E-state index contributed by atoms with van der Waals surface area (Å²) in [6.07, 6.45) is 3.22. The molecule has 0 saturated carbocycles. The number of aromatic amines is 1. The number of carbonyl (C=O) groups excluding carboxylic acids is 2. The first-order chi connectivity index (χ1) is 16.6. The second-order valence-electron chi connectivity index (χ2n) is 8.71. The molecule has 0 bridgehead atoms. The number of carbonyl (C=O) groups is 2. The number of amides is 2. The molecule has 2 amide bonds. The van der Waals surface area contributed by atoms with Gasteiger partial charge in [-0.15, -0.1) is 0 Å². The van der Waals surface area contributed by atoms with Crippen LogP contribution in [0.15, 0.2) is 41.5 Å². The van der Waals surface area contributed by atoms with Crippen LogP contribution < -0.4 is 16.2 Å². The van der Waals surface area contributed by atoms with Crippen molar-refractivity contribution in [2.75, 3.05) is 5.32 Å². The van der Waals surface area contributed by atoms with Crippen molar-refractivity contribution < 1.29 is 9.59 Å². The topological polar surface area (TPSA) is 135 Å². The Hall–Kier alpha value is -4.34. The van der Waals surface area contributed by atoms with E-state index < -0.39 is 0 Å². The zero-order chi connectivity index (χ0) is 25.3. The second kappa shape index (κ2) is 9.49. The van der Waals surface area contributed by atoms with Crippen molar-refractivity contribution in [3.05, 3.63) is 69.4 Å². The third-order valence-electron chi connectivity index (χ3n) is 5.58. The highest BCUT2D eigenvalue weighted by molar-refractivity contribution is 6.06. The molecule has 4 rings (SSSR count). The van der Waals surface area contributed by atoms with Gasteiger partial charge in [-0.1, -0.05) is 0 Å². The lowest BCUT2D eigenvalue weighted by Gasteiger charge is -2.12. The van der Waals surface area contributed by atoms with Crippen molar-refractivity contribution >= 4 is 28.7 Å². The molecular weight excluding hydrogens is 446 g/mol. The van der Waals surface area contributed by atoms with Gasteiger partial charge in [0.2, 0.25) is 5.91 Å². The van der Waals surface area contributed by atoms with Crippen molar-refractivity contribution in [3.8, 4) is 11.3 Å². The van der Waals surface area contributed by atoms with Gasteiger partial charge >= 0.3 is 0 Å². The molecule has 0 aliphatic heterocycles. The van der Waals surface area contributed by atoms with E-state index >= 15 is 0 Å². The number of rotatable bonds is 6. The first-order valence-electron chi connectivity index (χ1n) is 11.2. The molecule has 10 heteroatoms. The van der Waals surface area contributed by atoms with Crippen molar-refractivity contribution in [3.63, 3.8) is 0 Å². The van der Waals surface area contributed by atoms with Gasteiger partial charge in [-0.2, -0.15) is 5.10 Å². The van der Waals surface area contributed by atoms with Crippen LogP contribution >= 0.6 is 0 Å². The van der Waals surface area contributed by atoms with Crippen molar-refractivity contribution in [2.45, 2.75) is 47.2 Å². The van der Waals surface area contributed by atoms with Crippen LogP contribution in [0.2, 0.25) is 0 Å². The minimum Gasteiger partial charge on any atom is -0.348 e. The van der Waals surface area contributed by atoms with Crippen LogP contribution in [0.3, 0.4) is 0 Å². The average molecular weight is 474 g/mol. The average Bonchev–Trinajstić information content (AvgIpc) is 3.22. The summed E-state index contributed by atoms with van der Waals surface area (Å²) < 4.78 is 1.75. The molecule has 0 aliphatic carbocycles. The largest absolute Gasteiger partial charge is 0.348 e. The second-order valence-corrected chi connectivity index (χ2v) is 8.71. The van der Waals surface area contributed by atoms with Gasteiger partial charge in [0.25, 0.3) is 11.5 Å². The fourth-order valence-electron chi connectivity index (χ4n) is 3.90. The van der Waals surface area contributed by atoms with Crippen LogP contribution in [0.25, 0.3) is 22.3 Å². The lowest BCUT2D eigenvalue weighted by Crippen LogP contribution is -2.28. The van der Waals surface area contributed by atoms with Gasteiger partial charge in [-0.3, -0.25) is 14.4 Å². The Morgan fingerprint density at radius 2 is 1.91 bits per heavy atom. The number of aryl methyl sites for hydroxylation is 2. The summed E-state index contributed by atoms with van der Waals surface area (Å²) >= 11 is 0. The number of hydrogen-bond donors (Lipinski definition) is 3. The number of H-pyrrole nitrogens is 1. The molecule has 0 unspecified atom stereocenters. The minimum atomic E-state index is -0.343. The monoisotopic (exact) mass is 473 g/mol. The molecule has 3 N–H and O–H groups in total. The van der Waals surface area contributed by atoms with Gasteiger partial charge in [-0.25, -0.2) is 14.6 Å². The first-order valence-corrected chi connectivity index (χ1v) is 11.2. The van der Waals surface area contributed by atoms with Crippen molar-refractivity contribution in [2.24, 2.45) is 0 Å². The van der Waals surface area contributed by atoms with Gasteiger partial charge in [0, 0.05) is 42.5 Å². The van der Waals surface area contributed by atoms with E-state index in [0.717, 1.165) is 11.3 Å². The van der Waals surface area contributed by atoms with E-state index in [1.165, 1.54) is 6.92 Å². The highest BCUT2D eigenvalue weighted by Gasteiger charge is 2.19. The van der Waals surface area contributed by atoms with Gasteiger partial charge in [0.15, 0.2) is 5.65 Å². The normalized spacial score (nSPS) is 11.1. The molecule has 0 saturated heterocycles. The maximum absolute atomic E-state index is 13.3. The summed E-state index contributed by atoms with van der Waals surface area (Å²) in [5.41, 5.74) is 4.04. The van der Waals surface area contributed by atoms with Crippen LogP contribution in [0.4, 0.5) is 5.82 Å². The summed E-state index contributed by atoms with van der Waals surface area (Å²) in [6.45, 7) is 9.12. The number of nitrogens with zero attached hydrogens (tertiary/aromatic N) is 4. The third-order valence-corrected chi connectivity index (χ3v) is 5.58. The molecule has 10 nitrogen and oxygen atoms in total. The third kappa shape index (κ3) is 4.96. The molecular formula is C25H27N7O3. The Labute approximate surface area is 201 Å². The number of aromatic nitrogens is 5. The van der Waals surface area contributed by atoms with Crippen LogP contribution in [0.5, 0.6) is 0 Å². The molecule has 4 heterocycles. The quantitative estimate of drug-likeness (QED) is 0.393. The molecule has 0 fully saturated rings. The van der Waals surface area contributed by atoms with Gasteiger partial charge in [-0.05, 0) is 57.5 Å². The fourth-order valence-corrected chi connectivity index (χ4v) is 3.90. The Bertz CT molecular complexity index is 1480. The molecule has 0 radical (unpaired) electrons. The highest BCUT2D eigenvalue weighted by atomic mass is 16.2. The van der Waals surface area contributed by atoms with Crippen molar-refractivity contribution in [1.29, 1.82) is 0 Å². The predicted molar refractivity (Wildman–Crippen MR) is 133 cm³/mol. The number of anilines is 1. The molecule has 0 aliphatic rings. The summed E-state index contributed by atoms with van der Waals surface area (Å²) in [5, 5.41) is 10.5. The number of nitrogens with one attached hydrogen (secondary N) is 3. The lowest BCUT2D eigenvalue weighted by atomic mass is 10.1. The van der Waals surface area contributed by atoms with E-state index in [1.54, 1.807) is 35.3 Å². The Morgan fingerprint density at radius 3 is 2.54 bits per heavy atom. The predicted octanol–water partition coefficient (Wildman–Crippen LogP) is 3.27. The standard InChI is InChI=1S/C25H27N7O3/c1-13(2)32-23-20(12-28-32)18(24(34)27-11-19-14(3)8-15(4)29-25(19)35)9-21(31-23)17-6-7-22(26-10-17)30-16(5)33/h6-10,12-13H,11H2,1-5H3,(H,27,34)(H,29,35)(H,26,30,33). The molecule has 4 aromatic rings. The summed E-state index contributed by atoms with van der Waals surface area (Å²) in [4.78, 5) is 48.8. The molecule has 4 aromatic heterocycles. The van der Waals surface area contributed by atoms with E-state index in [-0.39, 0.29) is 30.0 Å². The molecule has 180 valence electrons. The van der Waals surface area contributed by atoms with E-state index in [4.69, 9.17) is 4.98 Å². The number of hydrogen-bond acceptors (Lipinski definition) is 6. The zero-order valence-electron chi connectivity index (χ0n) is 20.3. The molecule has 0 aromatic carbocycles. The molecule has 35 heavy (non-hydrogen) atoms. The fraction of sp³-hybridized carbons (Fsp3) is 0.280. The van der Waals surface area contributed by atoms with Gasteiger partial charge in [0.1, 0.15) is 5.82 Å². The summed E-state index contributed by atoms with van der Waals surface area (Å²) in [7, 11) is 0. The SMILES string of the molecule is CC(=O)Nc1ccc(-c2cc(C(=O)NCc3c(C)cc(C)[nH]c3=O)c3cnn(C(C)C)c3n2)cn1. The van der Waals surface area contributed by atoms with E-state index in [9.17, 15) is 14.4 Å². The minimum absolute atomic E-state index is 0.0280. The van der Waals surface area contributed by atoms with Crippen LogP contribution in [-0.4, -0.2) is 36.5 Å². The van der Waals surface area contributed by atoms with E-state index in [0.29, 0.717) is 39.2 Å². The zero-order valence-corrected chi connectivity index (χ0v) is 20.3. The van der Waals surface area contributed by atoms with Crippen LogP contribution in [0.1, 0.15) is 54.0 Å². The van der Waals surface area contributed by atoms with Gasteiger partial charge in [0.05, 0.1) is 22.8 Å². The Balaban J connectivity index is 1.73. The lowest BCUT2D eigenvalue weighted by molar-refractivity contribution is -0.114. The van der Waals surface area contributed by atoms with Crippen LogP contribution in [0, 0.1) is 13.8 Å². The van der Waals surface area contributed by atoms with Crippen molar-refractivity contribution in [1.82, 2.24) is 30.0 Å². The first kappa shape index (κ1) is 23.8. The van der Waals surface area contributed by atoms with E-state index in [1.807, 2.05) is 33.8 Å². The number of pyridine rings is 3. The van der Waals surface area contributed by atoms with Gasteiger partial charge < -0.3 is 15.6 Å². The molecule has 0 spiro atoms. The Kier molecular flexibility index (Phi) is 6.46. The summed E-state index contributed by atoms with van der Waals surface area (Å²) in [5.74, 6) is -0.136. The molecule has 0 atom stereocenters. The van der Waals surface area contributed by atoms with E-state index in [2.05, 4.69) is 25.7 Å². The smallest absolute Gasteiger partial charge is 0.253 e. The maximum atomic E-state index is 13.3. The Morgan fingerprint density at radius 1 is 1.14 bits per heavy atom.